The predicted molar refractivity (Wildman–Crippen MR) is 164 cm³/mol. The Kier molecular flexibility index (Phi) is 11.2. The number of carbonyl (C=O) groups is 4. The van der Waals surface area contributed by atoms with Crippen LogP contribution in [0.5, 0.6) is 0 Å². The number of benzene rings is 1. The summed E-state index contributed by atoms with van der Waals surface area (Å²) >= 11 is 17.7. The predicted octanol–water partition coefficient (Wildman–Crippen LogP) is 4.28. The molecule has 3 N–H and O–H groups in total. The fraction of sp³-hybridized carbons (Fsp3) is 0.346. The fourth-order valence-electron chi connectivity index (χ4n) is 4.27. The number of nitrogens with one attached hydrogen (secondary N) is 1. The van der Waals surface area contributed by atoms with E-state index >= 15 is 0 Å². The van der Waals surface area contributed by atoms with Crippen molar-refractivity contribution in [2.24, 2.45) is 0 Å². The molecule has 2 amide bonds. The number of thioether (sulfide) groups is 4. The Morgan fingerprint density at radius 1 is 1.17 bits per heavy atom. The number of amides is 2. The summed E-state index contributed by atoms with van der Waals surface area (Å²) in [6.45, 7) is 0. The Hall–Kier alpha value is -2.03. The molecule has 1 fully saturated rings. The van der Waals surface area contributed by atoms with Gasteiger partial charge in [0.2, 0.25) is 5.91 Å². The van der Waals surface area contributed by atoms with Gasteiger partial charge in [-0.1, -0.05) is 23.2 Å². The Morgan fingerprint density at radius 2 is 1.90 bits per heavy atom. The molecule has 4 rings (SSSR count). The van der Waals surface area contributed by atoms with E-state index in [4.69, 9.17) is 23.2 Å². The Labute approximate surface area is 263 Å². The molecule has 0 radical (unpaired) electrons. The molecule has 0 unspecified atom stereocenters. The molecule has 1 saturated heterocycles. The van der Waals surface area contributed by atoms with Gasteiger partial charge in [0.15, 0.2) is 12.4 Å². The molecule has 3 heterocycles. The van der Waals surface area contributed by atoms with E-state index in [-0.39, 0.29) is 17.4 Å². The number of β-lactam (4-membered cyclic amide) rings is 1. The second-order valence-corrected chi connectivity index (χ2v) is 14.0. The Balaban J connectivity index is 1.36. The van der Waals surface area contributed by atoms with E-state index in [1.165, 1.54) is 40.2 Å². The number of fused-ring (bicyclic) bond motifs is 1. The maximum absolute atomic E-state index is 13.0. The summed E-state index contributed by atoms with van der Waals surface area (Å²) in [7, 11) is 0. The van der Waals surface area contributed by atoms with E-state index in [0.717, 1.165) is 10.6 Å². The van der Waals surface area contributed by atoms with E-state index in [1.807, 2.05) is 6.26 Å². The van der Waals surface area contributed by atoms with Gasteiger partial charge < -0.3 is 15.5 Å². The van der Waals surface area contributed by atoms with Gasteiger partial charge in [0.05, 0.1) is 10.8 Å². The van der Waals surface area contributed by atoms with Crippen molar-refractivity contribution in [3.8, 4) is 0 Å². The minimum Gasteiger partial charge on any atom is -0.477 e. The van der Waals surface area contributed by atoms with Crippen LogP contribution in [-0.2, 0) is 19.2 Å². The van der Waals surface area contributed by atoms with Crippen LogP contribution in [0.15, 0.2) is 63.8 Å². The topological polar surface area (TPSA) is 128 Å². The molecule has 1 aromatic carbocycles. The molecule has 2 aromatic rings. The van der Waals surface area contributed by atoms with Crippen LogP contribution >= 0.6 is 70.2 Å². The van der Waals surface area contributed by atoms with Crippen LogP contribution in [-0.4, -0.2) is 79.5 Å². The number of halogens is 2. The minimum absolute atomic E-state index is 0.0204. The van der Waals surface area contributed by atoms with Crippen LogP contribution in [0.2, 0.25) is 10.0 Å². The van der Waals surface area contributed by atoms with Crippen molar-refractivity contribution < 1.29 is 34.0 Å². The van der Waals surface area contributed by atoms with Crippen molar-refractivity contribution in [3.63, 3.8) is 0 Å². The molecular formula is C26H26Cl2N3O6S4+. The molecule has 41 heavy (non-hydrogen) atoms. The number of nitrogens with zero attached hydrogens (tertiary/aromatic N) is 2. The first-order valence-corrected chi connectivity index (χ1v) is 17.4. The van der Waals surface area contributed by atoms with Crippen molar-refractivity contribution in [2.75, 3.05) is 29.3 Å². The largest absolute Gasteiger partial charge is 0.477 e. The zero-order valence-corrected chi connectivity index (χ0v) is 26.4. The second kappa shape index (κ2) is 14.4. The molecule has 15 heteroatoms. The number of rotatable bonds is 13. The first-order valence-electron chi connectivity index (χ1n) is 12.2. The number of carboxylic acid groups (broad SMARTS) is 2. The number of aliphatic carboxylic acids is 2. The lowest BCUT2D eigenvalue weighted by Gasteiger charge is -2.49. The lowest BCUT2D eigenvalue weighted by atomic mass is 10.0. The maximum atomic E-state index is 13.0. The maximum Gasteiger partial charge on any atom is 0.373 e. The van der Waals surface area contributed by atoms with Gasteiger partial charge in [0.25, 0.3) is 11.9 Å². The van der Waals surface area contributed by atoms with Crippen LogP contribution in [0, 0.1) is 0 Å². The molecular weight excluding hydrogens is 649 g/mol. The van der Waals surface area contributed by atoms with Gasteiger partial charge in [-0.25, -0.2) is 9.59 Å². The van der Waals surface area contributed by atoms with Gasteiger partial charge >= 0.3 is 11.9 Å². The average Bonchev–Trinajstić information content (AvgIpc) is 2.95. The van der Waals surface area contributed by atoms with E-state index in [2.05, 4.69) is 5.32 Å². The van der Waals surface area contributed by atoms with Crippen molar-refractivity contribution in [1.82, 2.24) is 10.2 Å². The minimum atomic E-state index is -1.20. The van der Waals surface area contributed by atoms with E-state index < -0.39 is 35.3 Å². The normalized spacial score (nSPS) is 18.9. The number of carbonyl (C=O) groups excluding carboxylic acids is 2. The highest BCUT2D eigenvalue weighted by Gasteiger charge is 2.54. The van der Waals surface area contributed by atoms with Crippen LogP contribution in [0.1, 0.15) is 12.5 Å². The third-order valence-corrected chi connectivity index (χ3v) is 11.1. The highest BCUT2D eigenvalue weighted by Crippen LogP contribution is 2.41. The lowest BCUT2D eigenvalue weighted by Crippen LogP contribution is -2.70. The number of pyridine rings is 1. The molecule has 2 aliphatic heterocycles. The second-order valence-electron chi connectivity index (χ2n) is 8.98. The van der Waals surface area contributed by atoms with Crippen molar-refractivity contribution in [2.45, 2.75) is 33.7 Å². The van der Waals surface area contributed by atoms with Gasteiger partial charge in [-0.05, 0) is 35.8 Å². The van der Waals surface area contributed by atoms with Crippen LogP contribution in [0.4, 0.5) is 0 Å². The lowest BCUT2D eigenvalue weighted by molar-refractivity contribution is -0.711. The van der Waals surface area contributed by atoms with Crippen LogP contribution in [0.25, 0.3) is 0 Å². The SMILES string of the molecule is CSCC[C@@H](C(=O)O)[n+]1ccc(SCC2=C(C(=O)O)N3C(=O)[C@@H](NC(=O)CSc4cc(Cl)ccc4Cl)[C@H]3SC2)cc1. The number of aromatic nitrogens is 1. The number of carboxylic acids is 2. The molecule has 9 nitrogen and oxygen atoms in total. The molecule has 1 aromatic heterocycles. The van der Waals surface area contributed by atoms with Gasteiger partial charge in [-0.2, -0.15) is 16.3 Å². The van der Waals surface area contributed by atoms with E-state index in [0.29, 0.717) is 38.4 Å². The van der Waals surface area contributed by atoms with E-state index in [1.54, 1.807) is 59.1 Å². The highest BCUT2D eigenvalue weighted by atomic mass is 35.5. The smallest absolute Gasteiger partial charge is 0.373 e. The summed E-state index contributed by atoms with van der Waals surface area (Å²) in [6, 6.07) is 7.07. The Bertz CT molecular complexity index is 1380. The molecule has 218 valence electrons. The molecule has 0 saturated carbocycles. The number of hydrogen-bond donors (Lipinski definition) is 3. The van der Waals surface area contributed by atoms with Gasteiger partial charge in [0, 0.05) is 44.9 Å². The summed E-state index contributed by atoms with van der Waals surface area (Å²) < 4.78 is 1.65. The molecule has 0 bridgehead atoms. The quantitative estimate of drug-likeness (QED) is 0.161. The zero-order valence-electron chi connectivity index (χ0n) is 21.6. The van der Waals surface area contributed by atoms with E-state index in [9.17, 15) is 29.4 Å². The van der Waals surface area contributed by atoms with Crippen LogP contribution in [0.3, 0.4) is 0 Å². The van der Waals surface area contributed by atoms with Gasteiger partial charge in [-0.3, -0.25) is 14.5 Å². The third-order valence-electron chi connectivity index (χ3n) is 6.29. The van der Waals surface area contributed by atoms with Crippen LogP contribution < -0.4 is 9.88 Å². The van der Waals surface area contributed by atoms with Gasteiger partial charge in [-0.15, -0.1) is 35.3 Å². The highest BCUT2D eigenvalue weighted by molar-refractivity contribution is 8.01. The van der Waals surface area contributed by atoms with Crippen molar-refractivity contribution in [3.05, 3.63) is 64.0 Å². The monoisotopic (exact) mass is 674 g/mol. The van der Waals surface area contributed by atoms with Gasteiger partial charge in [0.1, 0.15) is 17.1 Å². The molecule has 0 spiro atoms. The number of hydrogen-bond acceptors (Lipinski definition) is 8. The average molecular weight is 676 g/mol. The standard InChI is InChI=1S/C26H25Cl2N3O6S4/c1-38-9-6-18(25(34)35)30-7-4-16(5-8-30)39-11-14-12-41-24-21(23(33)31(24)22(14)26(36)37)29-20(32)13-40-19-10-15(27)2-3-17(19)28/h2-5,7-8,10,18,21,24H,6,9,11-13H2,1H3,(H2-,29,32,34,35,36,37)/p+1/t18-,21+,24+/m0/s1. The summed E-state index contributed by atoms with van der Waals surface area (Å²) in [6.07, 6.45) is 5.86. The first-order chi connectivity index (χ1) is 19.6. The molecule has 3 atom stereocenters. The summed E-state index contributed by atoms with van der Waals surface area (Å²) in [5.74, 6) is -1.44. The summed E-state index contributed by atoms with van der Waals surface area (Å²) in [5, 5.41) is 22.7. The Morgan fingerprint density at radius 3 is 2.56 bits per heavy atom. The fourth-order valence-corrected chi connectivity index (χ4v) is 8.40. The zero-order chi connectivity index (χ0) is 29.7. The molecule has 0 aliphatic carbocycles. The molecule has 2 aliphatic rings. The van der Waals surface area contributed by atoms with Crippen molar-refractivity contribution >= 4 is 94.0 Å². The van der Waals surface area contributed by atoms with Crippen molar-refractivity contribution in [1.29, 1.82) is 0 Å². The summed E-state index contributed by atoms with van der Waals surface area (Å²) in [4.78, 5) is 52.1. The first kappa shape index (κ1) is 31.9. The summed E-state index contributed by atoms with van der Waals surface area (Å²) in [5.41, 5.74) is 0.555. The third kappa shape index (κ3) is 7.68.